The molecule has 0 fully saturated rings. The van der Waals surface area contributed by atoms with Gasteiger partial charge in [0.1, 0.15) is 4.90 Å². The number of aromatic nitrogens is 4. The van der Waals surface area contributed by atoms with Gasteiger partial charge < -0.3 is 10.6 Å². The van der Waals surface area contributed by atoms with Gasteiger partial charge in [-0.05, 0) is 48.4 Å². The molecule has 1 amide bonds. The van der Waals surface area contributed by atoms with Crippen LogP contribution in [0.25, 0.3) is 21.9 Å². The van der Waals surface area contributed by atoms with Crippen LogP contribution in [-0.2, 0) is 21.2 Å². The third-order valence-corrected chi connectivity index (χ3v) is 7.48. The summed E-state index contributed by atoms with van der Waals surface area (Å²) in [5.74, 6) is 0.267. The lowest BCUT2D eigenvalue weighted by atomic mass is 10.0. The summed E-state index contributed by atoms with van der Waals surface area (Å²) >= 11 is 0. The van der Waals surface area contributed by atoms with E-state index in [4.69, 9.17) is 0 Å². The van der Waals surface area contributed by atoms with E-state index in [0.29, 0.717) is 23.7 Å². The van der Waals surface area contributed by atoms with Gasteiger partial charge in [0.2, 0.25) is 11.9 Å². The maximum atomic E-state index is 13.6. The summed E-state index contributed by atoms with van der Waals surface area (Å²) in [6.07, 6.45) is 5.71. The van der Waals surface area contributed by atoms with E-state index >= 15 is 0 Å². The molecule has 2 N–H and O–H groups in total. The number of rotatable bonds is 4. The van der Waals surface area contributed by atoms with Gasteiger partial charge in [-0.1, -0.05) is 18.2 Å². The first-order valence-electron chi connectivity index (χ1n) is 10.6. The highest BCUT2D eigenvalue weighted by molar-refractivity contribution is 7.90. The molecule has 0 unspecified atom stereocenters. The van der Waals surface area contributed by atoms with E-state index in [9.17, 15) is 13.2 Å². The zero-order chi connectivity index (χ0) is 23.3. The number of aryl methyl sites for hydroxylation is 1. The minimum atomic E-state index is -3.96. The SMILES string of the molecule is O=C1CCc2cc(Nc3ncc4ccn(S(=O)(=O)c5cccc6cccnc56)c4n3)ccc2N1. The quantitative estimate of drug-likeness (QED) is 0.410. The third-order valence-electron chi connectivity index (χ3n) is 5.78. The number of fused-ring (bicyclic) bond motifs is 3. The summed E-state index contributed by atoms with van der Waals surface area (Å²) in [7, 11) is -3.96. The Morgan fingerprint density at radius 2 is 1.85 bits per heavy atom. The summed E-state index contributed by atoms with van der Waals surface area (Å²) in [6.45, 7) is 0. The first-order chi connectivity index (χ1) is 16.5. The van der Waals surface area contributed by atoms with Gasteiger partial charge in [0.25, 0.3) is 10.0 Å². The predicted molar refractivity (Wildman–Crippen MR) is 129 cm³/mol. The summed E-state index contributed by atoms with van der Waals surface area (Å²) in [5, 5.41) is 7.32. The number of pyridine rings is 1. The normalized spacial score (nSPS) is 13.6. The highest BCUT2D eigenvalue weighted by Crippen LogP contribution is 2.29. The van der Waals surface area contributed by atoms with E-state index in [1.165, 1.54) is 6.20 Å². The molecular weight excluding hydrogens is 452 g/mol. The van der Waals surface area contributed by atoms with Crippen molar-refractivity contribution in [3.63, 3.8) is 0 Å². The molecule has 0 aliphatic carbocycles. The van der Waals surface area contributed by atoms with Gasteiger partial charge >= 0.3 is 0 Å². The van der Waals surface area contributed by atoms with Gasteiger partial charge in [-0.2, -0.15) is 4.98 Å². The number of nitrogens with one attached hydrogen (secondary N) is 2. The first-order valence-corrected chi connectivity index (χ1v) is 12.1. The second-order valence-corrected chi connectivity index (χ2v) is 9.75. The van der Waals surface area contributed by atoms with E-state index < -0.39 is 10.0 Å². The smallest absolute Gasteiger partial charge is 0.271 e. The monoisotopic (exact) mass is 470 g/mol. The molecular formula is C24H18N6O3S. The van der Waals surface area contributed by atoms with E-state index in [1.807, 2.05) is 30.3 Å². The number of carbonyl (C=O) groups excluding carboxylic acids is 1. The summed E-state index contributed by atoms with van der Waals surface area (Å²) in [4.78, 5) is 24.8. The number of benzene rings is 2. The molecule has 34 heavy (non-hydrogen) atoms. The molecule has 168 valence electrons. The molecule has 1 aliphatic rings. The van der Waals surface area contributed by atoms with Crippen LogP contribution in [0.2, 0.25) is 0 Å². The first kappa shape index (κ1) is 20.3. The van der Waals surface area contributed by atoms with Crippen molar-refractivity contribution in [2.24, 2.45) is 0 Å². The van der Waals surface area contributed by atoms with Crippen LogP contribution < -0.4 is 10.6 Å². The maximum absolute atomic E-state index is 13.6. The molecule has 2 aromatic carbocycles. The molecule has 0 radical (unpaired) electrons. The van der Waals surface area contributed by atoms with E-state index in [0.717, 1.165) is 26.3 Å². The van der Waals surface area contributed by atoms with Crippen LogP contribution in [0.1, 0.15) is 12.0 Å². The fourth-order valence-electron chi connectivity index (χ4n) is 4.13. The van der Waals surface area contributed by atoms with E-state index in [2.05, 4.69) is 25.6 Å². The zero-order valence-corrected chi connectivity index (χ0v) is 18.6. The Morgan fingerprint density at radius 1 is 0.971 bits per heavy atom. The van der Waals surface area contributed by atoms with Crippen molar-refractivity contribution >= 4 is 55.2 Å². The van der Waals surface area contributed by atoms with Crippen molar-refractivity contribution in [2.45, 2.75) is 17.7 Å². The van der Waals surface area contributed by atoms with Crippen molar-refractivity contribution in [3.05, 3.63) is 78.8 Å². The lowest BCUT2D eigenvalue weighted by Crippen LogP contribution is -2.18. The third kappa shape index (κ3) is 3.35. The summed E-state index contributed by atoms with van der Waals surface area (Å²) in [6, 6.07) is 15.9. The summed E-state index contributed by atoms with van der Waals surface area (Å²) in [5.41, 5.74) is 3.21. The fourth-order valence-corrected chi connectivity index (χ4v) is 5.60. The number of amides is 1. The molecule has 1 aliphatic heterocycles. The van der Waals surface area contributed by atoms with Crippen molar-refractivity contribution in [2.75, 3.05) is 10.6 Å². The minimum absolute atomic E-state index is 0.00496. The Kier molecular flexibility index (Phi) is 4.56. The average Bonchev–Trinajstić information content (AvgIpc) is 3.28. The molecule has 9 nitrogen and oxygen atoms in total. The van der Waals surface area contributed by atoms with Crippen LogP contribution in [0.5, 0.6) is 0 Å². The number of anilines is 3. The van der Waals surface area contributed by atoms with Gasteiger partial charge in [-0.25, -0.2) is 17.4 Å². The molecule has 4 heterocycles. The topological polar surface area (TPSA) is 119 Å². The molecule has 0 bridgehead atoms. The molecule has 3 aromatic heterocycles. The Morgan fingerprint density at radius 3 is 2.76 bits per heavy atom. The van der Waals surface area contributed by atoms with Gasteiger partial charge in [0, 0.05) is 47.2 Å². The van der Waals surface area contributed by atoms with Crippen LogP contribution in [0.3, 0.4) is 0 Å². The van der Waals surface area contributed by atoms with Crippen molar-refractivity contribution < 1.29 is 13.2 Å². The Labute approximate surface area is 194 Å². The number of para-hydroxylation sites is 1. The fraction of sp³-hybridized carbons (Fsp3) is 0.0833. The van der Waals surface area contributed by atoms with Crippen molar-refractivity contribution in [3.8, 4) is 0 Å². The summed E-state index contributed by atoms with van der Waals surface area (Å²) < 4.78 is 28.3. The van der Waals surface area contributed by atoms with Crippen LogP contribution in [-0.4, -0.2) is 33.2 Å². The Hall–Kier alpha value is -4.31. The van der Waals surface area contributed by atoms with Gasteiger partial charge in [-0.3, -0.25) is 9.78 Å². The largest absolute Gasteiger partial charge is 0.326 e. The number of hydrogen-bond acceptors (Lipinski definition) is 7. The Bertz CT molecular complexity index is 1710. The second-order valence-electron chi connectivity index (χ2n) is 7.97. The number of nitrogens with zero attached hydrogens (tertiary/aromatic N) is 4. The predicted octanol–water partition coefficient (Wildman–Crippen LogP) is 3.84. The maximum Gasteiger partial charge on any atom is 0.271 e. The highest BCUT2D eigenvalue weighted by atomic mass is 32.2. The van der Waals surface area contributed by atoms with Crippen molar-refractivity contribution in [1.29, 1.82) is 0 Å². The number of carbonyl (C=O) groups is 1. The minimum Gasteiger partial charge on any atom is -0.326 e. The van der Waals surface area contributed by atoms with Gasteiger partial charge in [0.05, 0.1) is 5.52 Å². The molecule has 0 atom stereocenters. The lowest BCUT2D eigenvalue weighted by Gasteiger charge is -2.17. The Balaban J connectivity index is 1.40. The zero-order valence-electron chi connectivity index (χ0n) is 17.8. The standard InChI is InChI=1S/C24H18N6O3S/c31-21-9-6-16-13-18(7-8-19(16)28-21)27-24-26-14-17-10-12-30(23(17)29-24)34(32,33)20-5-1-3-15-4-2-11-25-22(15)20/h1-5,7-8,10-14H,6,9H2,(H,28,31)(H,26,27,29). The molecule has 0 spiro atoms. The van der Waals surface area contributed by atoms with E-state index in [1.54, 1.807) is 36.7 Å². The van der Waals surface area contributed by atoms with Gasteiger partial charge in [-0.15, -0.1) is 0 Å². The molecule has 6 rings (SSSR count). The van der Waals surface area contributed by atoms with Crippen LogP contribution in [0.4, 0.5) is 17.3 Å². The molecule has 5 aromatic rings. The number of hydrogen-bond donors (Lipinski definition) is 2. The highest BCUT2D eigenvalue weighted by Gasteiger charge is 2.23. The molecule has 0 saturated carbocycles. The second kappa shape index (κ2) is 7.63. The van der Waals surface area contributed by atoms with Crippen LogP contribution >= 0.6 is 0 Å². The lowest BCUT2D eigenvalue weighted by molar-refractivity contribution is -0.116. The molecule has 10 heteroatoms. The van der Waals surface area contributed by atoms with Crippen LogP contribution in [0.15, 0.2) is 78.1 Å². The van der Waals surface area contributed by atoms with Crippen LogP contribution in [0, 0.1) is 0 Å². The van der Waals surface area contributed by atoms with Gasteiger partial charge in [0.15, 0.2) is 5.65 Å². The molecule has 0 saturated heterocycles. The van der Waals surface area contributed by atoms with Crippen molar-refractivity contribution in [1.82, 2.24) is 18.9 Å². The van der Waals surface area contributed by atoms with E-state index in [-0.39, 0.29) is 22.4 Å². The average molecular weight is 471 g/mol.